The standard InChI is InChI=1S/C30H35ClN2O2S/c1-4-23(3)32-30(35)28(18-24-13-6-5-7-14-24)33(19-25-15-10-11-17-27(25)31)29(34)21-36-20-26-16-9-8-12-22(26)2/h5-17,23,28H,4,18-21H2,1-3H3,(H,32,35)/t23-,28+/m0/s1. The molecule has 0 aliphatic heterocycles. The van der Waals surface area contributed by atoms with Gasteiger partial charge in [-0.3, -0.25) is 9.59 Å². The van der Waals surface area contributed by atoms with E-state index in [0.717, 1.165) is 23.3 Å². The Hall–Kier alpha value is -2.76. The molecule has 0 aromatic heterocycles. The molecule has 2 amide bonds. The van der Waals surface area contributed by atoms with Gasteiger partial charge in [0.05, 0.1) is 5.75 Å². The van der Waals surface area contributed by atoms with Gasteiger partial charge in [0.15, 0.2) is 0 Å². The number of aryl methyl sites for hydroxylation is 1. The first-order valence-corrected chi connectivity index (χ1v) is 13.9. The number of halogens is 1. The molecule has 0 aliphatic rings. The summed E-state index contributed by atoms with van der Waals surface area (Å²) in [6, 6.07) is 24.9. The summed E-state index contributed by atoms with van der Waals surface area (Å²) in [7, 11) is 0. The van der Waals surface area contributed by atoms with Crippen molar-refractivity contribution in [1.29, 1.82) is 0 Å². The maximum absolute atomic E-state index is 13.7. The Kier molecular flexibility index (Phi) is 10.9. The van der Waals surface area contributed by atoms with Gasteiger partial charge in [0, 0.05) is 29.8 Å². The number of carbonyl (C=O) groups excluding carboxylic acids is 2. The van der Waals surface area contributed by atoms with Crippen LogP contribution in [-0.4, -0.2) is 34.6 Å². The Morgan fingerprint density at radius 2 is 1.58 bits per heavy atom. The van der Waals surface area contributed by atoms with E-state index in [2.05, 4.69) is 24.4 Å². The summed E-state index contributed by atoms with van der Waals surface area (Å²) in [4.78, 5) is 28.9. The predicted octanol–water partition coefficient (Wildman–Crippen LogP) is 6.44. The van der Waals surface area contributed by atoms with Crippen LogP contribution in [0.5, 0.6) is 0 Å². The molecule has 2 atom stereocenters. The summed E-state index contributed by atoms with van der Waals surface area (Å²) in [6.07, 6.45) is 1.25. The molecular weight excluding hydrogens is 488 g/mol. The van der Waals surface area contributed by atoms with Crippen molar-refractivity contribution >= 4 is 35.2 Å². The maximum atomic E-state index is 13.7. The highest BCUT2D eigenvalue weighted by Crippen LogP contribution is 2.23. The third kappa shape index (κ3) is 8.14. The summed E-state index contributed by atoms with van der Waals surface area (Å²) in [5, 5.41) is 3.69. The number of nitrogens with one attached hydrogen (secondary N) is 1. The minimum atomic E-state index is -0.649. The van der Waals surface area contributed by atoms with E-state index in [-0.39, 0.29) is 30.2 Å². The van der Waals surface area contributed by atoms with Crippen LogP contribution in [0.3, 0.4) is 0 Å². The number of benzene rings is 3. The van der Waals surface area contributed by atoms with Crippen LogP contribution in [0.25, 0.3) is 0 Å². The van der Waals surface area contributed by atoms with Crippen LogP contribution in [0.4, 0.5) is 0 Å². The Labute approximate surface area is 224 Å². The molecule has 0 radical (unpaired) electrons. The van der Waals surface area contributed by atoms with Crippen LogP contribution in [0, 0.1) is 6.92 Å². The lowest BCUT2D eigenvalue weighted by atomic mass is 10.0. The number of rotatable bonds is 12. The second-order valence-corrected chi connectivity index (χ2v) is 10.4. The zero-order chi connectivity index (χ0) is 25.9. The molecule has 0 heterocycles. The van der Waals surface area contributed by atoms with Crippen LogP contribution in [0.1, 0.15) is 42.5 Å². The largest absolute Gasteiger partial charge is 0.352 e. The molecule has 1 N–H and O–H groups in total. The number of amides is 2. The van der Waals surface area contributed by atoms with E-state index < -0.39 is 6.04 Å². The minimum absolute atomic E-state index is 0.0171. The molecule has 0 saturated heterocycles. The van der Waals surface area contributed by atoms with Crippen molar-refractivity contribution in [3.05, 3.63) is 106 Å². The molecule has 4 nitrogen and oxygen atoms in total. The number of thioether (sulfide) groups is 1. The minimum Gasteiger partial charge on any atom is -0.352 e. The third-order valence-corrected chi connectivity index (χ3v) is 7.65. The molecule has 190 valence electrons. The Bertz CT molecular complexity index is 1140. The summed E-state index contributed by atoms with van der Waals surface area (Å²) in [5.74, 6) is 0.799. The lowest BCUT2D eigenvalue weighted by molar-refractivity contribution is -0.139. The van der Waals surface area contributed by atoms with E-state index in [4.69, 9.17) is 11.6 Å². The second kappa shape index (κ2) is 14.1. The second-order valence-electron chi connectivity index (χ2n) is 9.06. The fraction of sp³-hybridized carbons (Fsp3) is 0.333. The third-order valence-electron chi connectivity index (χ3n) is 6.32. The average Bonchev–Trinajstić information content (AvgIpc) is 2.88. The highest BCUT2D eigenvalue weighted by Gasteiger charge is 2.31. The van der Waals surface area contributed by atoms with Gasteiger partial charge in [-0.1, -0.05) is 91.3 Å². The first-order valence-electron chi connectivity index (χ1n) is 12.4. The van der Waals surface area contributed by atoms with Gasteiger partial charge in [-0.2, -0.15) is 0 Å². The van der Waals surface area contributed by atoms with Crippen molar-refractivity contribution in [1.82, 2.24) is 10.2 Å². The molecule has 0 fully saturated rings. The van der Waals surface area contributed by atoms with E-state index in [9.17, 15) is 9.59 Å². The summed E-state index contributed by atoms with van der Waals surface area (Å²) < 4.78 is 0. The normalized spacial score (nSPS) is 12.6. The van der Waals surface area contributed by atoms with E-state index in [0.29, 0.717) is 11.4 Å². The van der Waals surface area contributed by atoms with Gasteiger partial charge in [-0.15, -0.1) is 11.8 Å². The van der Waals surface area contributed by atoms with E-state index in [1.165, 1.54) is 11.1 Å². The Morgan fingerprint density at radius 1 is 0.944 bits per heavy atom. The van der Waals surface area contributed by atoms with Gasteiger partial charge in [-0.05, 0) is 48.6 Å². The monoisotopic (exact) mass is 522 g/mol. The average molecular weight is 523 g/mol. The van der Waals surface area contributed by atoms with Crippen LogP contribution in [0.2, 0.25) is 5.02 Å². The molecule has 0 aliphatic carbocycles. The molecule has 6 heteroatoms. The van der Waals surface area contributed by atoms with Crippen molar-refractivity contribution < 1.29 is 9.59 Å². The first-order chi connectivity index (χ1) is 17.4. The van der Waals surface area contributed by atoms with Gasteiger partial charge < -0.3 is 10.2 Å². The van der Waals surface area contributed by atoms with Crippen LogP contribution in [-0.2, 0) is 28.3 Å². The zero-order valence-electron chi connectivity index (χ0n) is 21.2. The molecule has 36 heavy (non-hydrogen) atoms. The summed E-state index contributed by atoms with van der Waals surface area (Å²) in [6.45, 7) is 6.37. The van der Waals surface area contributed by atoms with Crippen molar-refractivity contribution in [3.8, 4) is 0 Å². The molecule has 0 spiro atoms. The van der Waals surface area contributed by atoms with Gasteiger partial charge in [0.25, 0.3) is 0 Å². The van der Waals surface area contributed by atoms with E-state index >= 15 is 0 Å². The van der Waals surface area contributed by atoms with Crippen molar-refractivity contribution in [2.24, 2.45) is 0 Å². The van der Waals surface area contributed by atoms with Gasteiger partial charge in [-0.25, -0.2) is 0 Å². The van der Waals surface area contributed by atoms with Crippen molar-refractivity contribution in [2.75, 3.05) is 5.75 Å². The van der Waals surface area contributed by atoms with Gasteiger partial charge >= 0.3 is 0 Å². The van der Waals surface area contributed by atoms with Gasteiger partial charge in [0.1, 0.15) is 6.04 Å². The number of hydrogen-bond acceptors (Lipinski definition) is 3. The van der Waals surface area contributed by atoms with E-state index in [1.54, 1.807) is 16.7 Å². The van der Waals surface area contributed by atoms with Crippen LogP contribution < -0.4 is 5.32 Å². The Balaban J connectivity index is 1.87. The van der Waals surface area contributed by atoms with Crippen LogP contribution in [0.15, 0.2) is 78.9 Å². The molecule has 0 saturated carbocycles. The quantitative estimate of drug-likeness (QED) is 0.298. The molecule has 3 rings (SSSR count). The Morgan fingerprint density at radius 3 is 2.25 bits per heavy atom. The molecular formula is C30H35ClN2O2S. The number of carbonyl (C=O) groups is 2. The smallest absolute Gasteiger partial charge is 0.243 e. The first kappa shape index (κ1) is 27.8. The fourth-order valence-electron chi connectivity index (χ4n) is 3.91. The SMILES string of the molecule is CC[C@H](C)NC(=O)[C@@H](Cc1ccccc1)N(Cc1ccccc1Cl)C(=O)CSCc1ccccc1C. The molecule has 0 unspecified atom stereocenters. The topological polar surface area (TPSA) is 49.4 Å². The fourth-order valence-corrected chi connectivity index (χ4v) is 5.09. The lowest BCUT2D eigenvalue weighted by Crippen LogP contribution is -2.52. The van der Waals surface area contributed by atoms with Crippen molar-refractivity contribution in [2.45, 2.75) is 58.0 Å². The van der Waals surface area contributed by atoms with Gasteiger partial charge in [0.2, 0.25) is 11.8 Å². The molecule has 3 aromatic rings. The number of hydrogen-bond donors (Lipinski definition) is 1. The van der Waals surface area contributed by atoms with Crippen LogP contribution >= 0.6 is 23.4 Å². The lowest BCUT2D eigenvalue weighted by Gasteiger charge is -2.32. The predicted molar refractivity (Wildman–Crippen MR) is 151 cm³/mol. The number of nitrogens with zero attached hydrogens (tertiary/aromatic N) is 1. The van der Waals surface area contributed by atoms with E-state index in [1.807, 2.05) is 80.6 Å². The summed E-state index contributed by atoms with van der Waals surface area (Å²) >= 11 is 8.05. The highest BCUT2D eigenvalue weighted by atomic mass is 35.5. The molecule has 0 bridgehead atoms. The summed E-state index contributed by atoms with van der Waals surface area (Å²) in [5.41, 5.74) is 4.25. The highest BCUT2D eigenvalue weighted by molar-refractivity contribution is 7.99. The maximum Gasteiger partial charge on any atom is 0.243 e. The molecule has 3 aromatic carbocycles. The zero-order valence-corrected chi connectivity index (χ0v) is 22.8. The van der Waals surface area contributed by atoms with Crippen molar-refractivity contribution in [3.63, 3.8) is 0 Å².